The molecule has 0 spiro atoms. The lowest BCUT2D eigenvalue weighted by molar-refractivity contribution is -0.144. The molecule has 0 heterocycles. The number of carboxylic acids is 1. The molecule has 1 aliphatic rings. The second-order valence-corrected chi connectivity index (χ2v) is 4.85. The van der Waals surface area contributed by atoms with Crippen LogP contribution in [0.2, 0.25) is 0 Å². The van der Waals surface area contributed by atoms with Crippen LogP contribution in [0.4, 0.5) is 0 Å². The number of ether oxygens (including phenoxy) is 1. The summed E-state index contributed by atoms with van der Waals surface area (Å²) in [5.74, 6) is -1.07. The highest BCUT2D eigenvalue weighted by Gasteiger charge is 2.26. The third kappa shape index (κ3) is 5.17. The maximum Gasteiger partial charge on any atom is 0.306 e. The van der Waals surface area contributed by atoms with Crippen LogP contribution in [0.1, 0.15) is 39.5 Å². The summed E-state index contributed by atoms with van der Waals surface area (Å²) in [5, 5.41) is 11.6. The van der Waals surface area contributed by atoms with Gasteiger partial charge in [0.1, 0.15) is 6.61 Å². The summed E-state index contributed by atoms with van der Waals surface area (Å²) in [6, 6.07) is 0.119. The van der Waals surface area contributed by atoms with Gasteiger partial charge < -0.3 is 15.2 Å². The van der Waals surface area contributed by atoms with Crippen LogP contribution in [-0.4, -0.2) is 35.7 Å². The number of rotatable bonds is 5. The van der Waals surface area contributed by atoms with Crippen LogP contribution < -0.4 is 5.32 Å². The van der Waals surface area contributed by atoms with Gasteiger partial charge in [-0.05, 0) is 39.5 Å². The number of nitrogens with one attached hydrogen (secondary N) is 1. The highest BCUT2D eigenvalue weighted by molar-refractivity contribution is 5.77. The van der Waals surface area contributed by atoms with Gasteiger partial charge in [0, 0.05) is 6.04 Å². The van der Waals surface area contributed by atoms with E-state index in [1.807, 2.05) is 13.8 Å². The summed E-state index contributed by atoms with van der Waals surface area (Å²) >= 11 is 0. The zero-order chi connectivity index (χ0) is 12.8. The Kier molecular flexibility index (Phi) is 5.41. The number of carbonyl (C=O) groups is 2. The van der Waals surface area contributed by atoms with E-state index in [1.165, 1.54) is 0 Å². The molecule has 98 valence electrons. The van der Waals surface area contributed by atoms with E-state index in [1.54, 1.807) is 0 Å². The largest absolute Gasteiger partial charge is 0.481 e. The van der Waals surface area contributed by atoms with E-state index in [4.69, 9.17) is 9.84 Å². The lowest BCUT2D eigenvalue weighted by atomic mass is 9.87. The van der Waals surface area contributed by atoms with E-state index in [-0.39, 0.29) is 30.6 Å². The molecular weight excluding hydrogens is 222 g/mol. The van der Waals surface area contributed by atoms with Crippen LogP contribution in [0.3, 0.4) is 0 Å². The summed E-state index contributed by atoms with van der Waals surface area (Å²) in [5.41, 5.74) is 0. The fraction of sp³-hybridized carbons (Fsp3) is 0.833. The number of amides is 1. The molecule has 0 unspecified atom stereocenters. The molecule has 1 aliphatic carbocycles. The molecule has 1 fully saturated rings. The van der Waals surface area contributed by atoms with Gasteiger partial charge in [-0.2, -0.15) is 0 Å². The Morgan fingerprint density at radius 3 is 2.35 bits per heavy atom. The standard InChI is InChI=1S/C12H21NO4/c1-8(2)13-11(14)7-17-10-5-3-9(4-6-10)12(15)16/h8-10H,3-7H2,1-2H3,(H,13,14)(H,15,16). The third-order valence-electron chi connectivity index (χ3n) is 2.92. The Bertz CT molecular complexity index is 270. The van der Waals surface area contributed by atoms with Crippen molar-refractivity contribution in [2.24, 2.45) is 5.92 Å². The molecule has 0 aromatic rings. The first-order chi connectivity index (χ1) is 7.99. The lowest BCUT2D eigenvalue weighted by Gasteiger charge is -2.26. The fourth-order valence-corrected chi connectivity index (χ4v) is 2.03. The van der Waals surface area contributed by atoms with E-state index in [9.17, 15) is 9.59 Å². The molecule has 0 saturated heterocycles. The van der Waals surface area contributed by atoms with Gasteiger partial charge in [-0.1, -0.05) is 0 Å². The minimum Gasteiger partial charge on any atom is -0.481 e. The van der Waals surface area contributed by atoms with Gasteiger partial charge in [-0.3, -0.25) is 9.59 Å². The molecule has 0 bridgehead atoms. The molecule has 0 aliphatic heterocycles. The average molecular weight is 243 g/mol. The van der Waals surface area contributed by atoms with Crippen LogP contribution >= 0.6 is 0 Å². The second-order valence-electron chi connectivity index (χ2n) is 4.85. The minimum absolute atomic E-state index is 0.0310. The molecule has 1 rings (SSSR count). The number of carboxylic acid groups (broad SMARTS) is 1. The van der Waals surface area contributed by atoms with Gasteiger partial charge in [0.2, 0.25) is 5.91 Å². The van der Waals surface area contributed by atoms with Crippen LogP contribution in [0.15, 0.2) is 0 Å². The molecule has 5 heteroatoms. The predicted molar refractivity (Wildman–Crippen MR) is 62.6 cm³/mol. The molecule has 17 heavy (non-hydrogen) atoms. The maximum absolute atomic E-state index is 11.3. The third-order valence-corrected chi connectivity index (χ3v) is 2.92. The summed E-state index contributed by atoms with van der Waals surface area (Å²) in [6.45, 7) is 3.87. The molecule has 0 aromatic carbocycles. The zero-order valence-corrected chi connectivity index (χ0v) is 10.4. The van der Waals surface area contributed by atoms with E-state index in [0.717, 1.165) is 12.8 Å². The molecule has 0 radical (unpaired) electrons. The minimum atomic E-state index is -0.721. The summed E-state index contributed by atoms with van der Waals surface area (Å²) in [4.78, 5) is 22.1. The molecule has 0 atom stereocenters. The summed E-state index contributed by atoms with van der Waals surface area (Å²) in [6.07, 6.45) is 2.78. The second kappa shape index (κ2) is 6.59. The van der Waals surface area contributed by atoms with E-state index in [2.05, 4.69) is 5.32 Å². The molecule has 1 saturated carbocycles. The SMILES string of the molecule is CC(C)NC(=O)COC1CCC(C(=O)O)CC1. The van der Waals surface area contributed by atoms with Crippen molar-refractivity contribution in [2.75, 3.05) is 6.61 Å². The van der Waals surface area contributed by atoms with Crippen LogP contribution in [-0.2, 0) is 14.3 Å². The van der Waals surface area contributed by atoms with Gasteiger partial charge in [-0.25, -0.2) is 0 Å². The monoisotopic (exact) mass is 243 g/mol. The Labute approximate surface area is 102 Å². The van der Waals surface area contributed by atoms with Gasteiger partial charge >= 0.3 is 5.97 Å². The Morgan fingerprint density at radius 1 is 1.29 bits per heavy atom. The van der Waals surface area contributed by atoms with E-state index >= 15 is 0 Å². The van der Waals surface area contributed by atoms with Crippen LogP contribution in [0.25, 0.3) is 0 Å². The van der Waals surface area contributed by atoms with Gasteiger partial charge in [0.15, 0.2) is 0 Å². The van der Waals surface area contributed by atoms with Crippen LogP contribution in [0.5, 0.6) is 0 Å². The van der Waals surface area contributed by atoms with E-state index in [0.29, 0.717) is 12.8 Å². The van der Waals surface area contributed by atoms with Gasteiger partial charge in [0.25, 0.3) is 0 Å². The number of hydrogen-bond donors (Lipinski definition) is 2. The normalized spacial score (nSPS) is 24.6. The molecule has 0 aromatic heterocycles. The van der Waals surface area contributed by atoms with Crippen molar-refractivity contribution < 1.29 is 19.4 Å². The van der Waals surface area contributed by atoms with Crippen molar-refractivity contribution in [1.82, 2.24) is 5.32 Å². The Hall–Kier alpha value is -1.10. The molecule has 5 nitrogen and oxygen atoms in total. The number of carbonyl (C=O) groups excluding carboxylic acids is 1. The maximum atomic E-state index is 11.3. The van der Waals surface area contributed by atoms with Crippen molar-refractivity contribution >= 4 is 11.9 Å². The Morgan fingerprint density at radius 2 is 1.88 bits per heavy atom. The zero-order valence-electron chi connectivity index (χ0n) is 10.4. The highest BCUT2D eigenvalue weighted by Crippen LogP contribution is 2.26. The quantitative estimate of drug-likeness (QED) is 0.760. The molecular formula is C12H21NO4. The Balaban J connectivity index is 2.18. The van der Waals surface area contributed by atoms with Crippen molar-refractivity contribution in [2.45, 2.75) is 51.7 Å². The van der Waals surface area contributed by atoms with Crippen molar-refractivity contribution in [1.29, 1.82) is 0 Å². The van der Waals surface area contributed by atoms with Gasteiger partial charge in [-0.15, -0.1) is 0 Å². The molecule has 1 amide bonds. The first kappa shape index (κ1) is 14.0. The summed E-state index contributed by atoms with van der Waals surface area (Å²) in [7, 11) is 0. The van der Waals surface area contributed by atoms with Crippen molar-refractivity contribution in [3.8, 4) is 0 Å². The topological polar surface area (TPSA) is 75.6 Å². The lowest BCUT2D eigenvalue weighted by Crippen LogP contribution is -2.35. The highest BCUT2D eigenvalue weighted by atomic mass is 16.5. The van der Waals surface area contributed by atoms with Crippen LogP contribution in [0, 0.1) is 5.92 Å². The predicted octanol–water partition coefficient (Wildman–Crippen LogP) is 1.17. The first-order valence-electron chi connectivity index (χ1n) is 6.12. The number of aliphatic carboxylic acids is 1. The molecule has 2 N–H and O–H groups in total. The van der Waals surface area contributed by atoms with Crippen molar-refractivity contribution in [3.05, 3.63) is 0 Å². The summed E-state index contributed by atoms with van der Waals surface area (Å²) < 4.78 is 5.47. The first-order valence-corrected chi connectivity index (χ1v) is 6.12. The average Bonchev–Trinajstić information content (AvgIpc) is 2.26. The fourth-order valence-electron chi connectivity index (χ4n) is 2.03. The van der Waals surface area contributed by atoms with Crippen molar-refractivity contribution in [3.63, 3.8) is 0 Å². The van der Waals surface area contributed by atoms with Gasteiger partial charge in [0.05, 0.1) is 12.0 Å². The van der Waals surface area contributed by atoms with E-state index < -0.39 is 5.97 Å². The number of hydrogen-bond acceptors (Lipinski definition) is 3. The smallest absolute Gasteiger partial charge is 0.306 e.